The summed E-state index contributed by atoms with van der Waals surface area (Å²) < 4.78 is 4.92. The van der Waals surface area contributed by atoms with Gasteiger partial charge in [-0.15, -0.1) is 0 Å². The Bertz CT molecular complexity index is 659. The fourth-order valence-electron chi connectivity index (χ4n) is 2.31. The van der Waals surface area contributed by atoms with E-state index in [2.05, 4.69) is 5.10 Å². The molecule has 0 saturated carbocycles. The van der Waals surface area contributed by atoms with Gasteiger partial charge in [-0.1, -0.05) is 17.7 Å². The highest BCUT2D eigenvalue weighted by atomic mass is 35.5. The molecule has 6 nitrogen and oxygen atoms in total. The molecule has 0 spiro atoms. The number of nitrogens with zero attached hydrogens (tertiary/aromatic N) is 2. The summed E-state index contributed by atoms with van der Waals surface area (Å²) in [5.74, 6) is -1.67. The zero-order valence-corrected chi connectivity index (χ0v) is 13.3. The third-order valence-corrected chi connectivity index (χ3v) is 4.05. The van der Waals surface area contributed by atoms with Gasteiger partial charge in [-0.2, -0.15) is 5.10 Å². The predicted octanol–water partition coefficient (Wildman–Crippen LogP) is 2.62. The summed E-state index contributed by atoms with van der Waals surface area (Å²) >= 11 is 6.10. The Morgan fingerprint density at radius 3 is 2.77 bits per heavy atom. The van der Waals surface area contributed by atoms with Crippen molar-refractivity contribution in [2.75, 3.05) is 11.6 Å². The summed E-state index contributed by atoms with van der Waals surface area (Å²) in [6, 6.07) is 5.15. The maximum atomic E-state index is 11.9. The minimum absolute atomic E-state index is 0.0346. The molecule has 1 aromatic rings. The van der Waals surface area contributed by atoms with E-state index in [0.29, 0.717) is 16.3 Å². The van der Waals surface area contributed by atoms with Gasteiger partial charge in [0.25, 0.3) is 0 Å². The summed E-state index contributed by atoms with van der Waals surface area (Å²) in [7, 11) is 0. The number of ether oxygens (including phenoxy) is 1. The van der Waals surface area contributed by atoms with E-state index < -0.39 is 17.5 Å². The summed E-state index contributed by atoms with van der Waals surface area (Å²) in [5, 5.41) is 15.6. The highest BCUT2D eigenvalue weighted by molar-refractivity contribution is 6.38. The number of halogens is 1. The van der Waals surface area contributed by atoms with Gasteiger partial charge >= 0.3 is 11.9 Å². The van der Waals surface area contributed by atoms with E-state index in [9.17, 15) is 14.7 Å². The van der Waals surface area contributed by atoms with E-state index in [1.54, 1.807) is 32.0 Å². The Kier molecular flexibility index (Phi) is 4.42. The van der Waals surface area contributed by atoms with Gasteiger partial charge in [0.05, 0.1) is 12.3 Å². The standard InChI is InChI=1S/C15H17ClN2O4/c1-4-22-13(19)11-8-15(3,14(20)21)18(17-11)12-7-5-6-10(16)9(12)2/h5-7H,4,8H2,1-3H3,(H,20,21)/t15-/m0/s1. The molecule has 7 heteroatoms. The van der Waals surface area contributed by atoms with Crippen molar-refractivity contribution >= 4 is 34.9 Å². The highest BCUT2D eigenvalue weighted by Gasteiger charge is 2.48. The number of carboxylic acid groups (broad SMARTS) is 1. The first-order chi connectivity index (χ1) is 10.3. The summed E-state index contributed by atoms with van der Waals surface area (Å²) in [5.41, 5.74) is -0.0225. The van der Waals surface area contributed by atoms with Crippen molar-refractivity contribution in [3.05, 3.63) is 28.8 Å². The van der Waals surface area contributed by atoms with Crippen molar-refractivity contribution < 1.29 is 19.4 Å². The summed E-state index contributed by atoms with van der Waals surface area (Å²) in [4.78, 5) is 23.6. The molecule has 1 aliphatic heterocycles. The number of benzene rings is 1. The molecule has 1 aromatic carbocycles. The van der Waals surface area contributed by atoms with E-state index in [1.165, 1.54) is 11.9 Å². The monoisotopic (exact) mass is 324 g/mol. The van der Waals surface area contributed by atoms with Crippen LogP contribution < -0.4 is 5.01 Å². The molecule has 0 fully saturated rings. The highest BCUT2D eigenvalue weighted by Crippen LogP contribution is 2.37. The Balaban J connectivity index is 2.50. The van der Waals surface area contributed by atoms with Crippen LogP contribution in [0.15, 0.2) is 23.3 Å². The van der Waals surface area contributed by atoms with Crippen LogP contribution in [0.25, 0.3) is 0 Å². The van der Waals surface area contributed by atoms with E-state index in [0.717, 1.165) is 0 Å². The average Bonchev–Trinajstić information content (AvgIpc) is 2.82. The number of hydrogen-bond acceptors (Lipinski definition) is 5. The first kappa shape index (κ1) is 16.3. The molecule has 0 radical (unpaired) electrons. The van der Waals surface area contributed by atoms with Crippen molar-refractivity contribution in [2.24, 2.45) is 5.10 Å². The van der Waals surface area contributed by atoms with Crippen molar-refractivity contribution in [1.82, 2.24) is 0 Å². The van der Waals surface area contributed by atoms with Crippen molar-refractivity contribution in [1.29, 1.82) is 0 Å². The average molecular weight is 325 g/mol. The van der Waals surface area contributed by atoms with Crippen LogP contribution in [0.2, 0.25) is 5.02 Å². The molecule has 22 heavy (non-hydrogen) atoms. The number of aliphatic carboxylic acids is 1. The molecule has 0 aliphatic carbocycles. The number of esters is 1. The third kappa shape index (κ3) is 2.66. The van der Waals surface area contributed by atoms with Crippen LogP contribution in [0.5, 0.6) is 0 Å². The maximum Gasteiger partial charge on any atom is 0.354 e. The van der Waals surface area contributed by atoms with Gasteiger partial charge in [0.15, 0.2) is 5.54 Å². The smallest absolute Gasteiger partial charge is 0.354 e. The molecule has 0 amide bonds. The Morgan fingerprint density at radius 2 is 2.18 bits per heavy atom. The normalized spacial score (nSPS) is 20.7. The topological polar surface area (TPSA) is 79.2 Å². The molecule has 1 aliphatic rings. The second-order valence-corrected chi connectivity index (χ2v) is 5.63. The van der Waals surface area contributed by atoms with Crippen LogP contribution in [0.3, 0.4) is 0 Å². The summed E-state index contributed by atoms with van der Waals surface area (Å²) in [6.07, 6.45) is -0.0346. The van der Waals surface area contributed by atoms with Gasteiger partial charge in [0, 0.05) is 11.4 Å². The number of hydrazone groups is 1. The fraction of sp³-hybridized carbons (Fsp3) is 0.400. The number of hydrogen-bond donors (Lipinski definition) is 1. The second-order valence-electron chi connectivity index (χ2n) is 5.22. The second kappa shape index (κ2) is 5.96. The van der Waals surface area contributed by atoms with Crippen LogP contribution in [-0.4, -0.2) is 34.9 Å². The molecular weight excluding hydrogens is 308 g/mol. The largest absolute Gasteiger partial charge is 0.479 e. The molecule has 1 atom stereocenters. The summed E-state index contributed by atoms with van der Waals surface area (Å²) in [6.45, 7) is 5.18. The van der Waals surface area contributed by atoms with Gasteiger partial charge in [-0.25, -0.2) is 14.6 Å². The van der Waals surface area contributed by atoms with Gasteiger partial charge in [-0.05, 0) is 38.5 Å². The fourth-order valence-corrected chi connectivity index (χ4v) is 2.48. The lowest BCUT2D eigenvalue weighted by molar-refractivity contribution is -0.142. The first-order valence-corrected chi connectivity index (χ1v) is 7.22. The zero-order chi connectivity index (χ0) is 16.5. The molecule has 2 rings (SSSR count). The SMILES string of the molecule is CCOC(=O)C1=NN(c2cccc(Cl)c2C)[C@](C)(C(=O)O)C1. The van der Waals surface area contributed by atoms with Crippen LogP contribution >= 0.6 is 11.6 Å². The van der Waals surface area contributed by atoms with Crippen LogP contribution in [-0.2, 0) is 14.3 Å². The molecule has 0 aromatic heterocycles. The number of carbonyl (C=O) groups is 2. The quantitative estimate of drug-likeness (QED) is 0.861. The van der Waals surface area contributed by atoms with E-state index in [1.807, 2.05) is 0 Å². The molecule has 0 saturated heterocycles. The number of rotatable bonds is 4. The Hall–Kier alpha value is -2.08. The minimum Gasteiger partial charge on any atom is -0.479 e. The Labute approximate surface area is 133 Å². The minimum atomic E-state index is -1.36. The van der Waals surface area contributed by atoms with Crippen molar-refractivity contribution in [2.45, 2.75) is 32.7 Å². The molecule has 1 N–H and O–H groups in total. The van der Waals surface area contributed by atoms with Crippen LogP contribution in [0.4, 0.5) is 5.69 Å². The molecular formula is C15H17ClN2O4. The molecule has 0 unspecified atom stereocenters. The Morgan fingerprint density at radius 1 is 1.50 bits per heavy atom. The maximum absolute atomic E-state index is 11.9. The molecule has 0 bridgehead atoms. The van der Waals surface area contributed by atoms with E-state index in [-0.39, 0.29) is 18.7 Å². The molecule has 1 heterocycles. The van der Waals surface area contributed by atoms with E-state index >= 15 is 0 Å². The van der Waals surface area contributed by atoms with Gasteiger partial charge in [0.1, 0.15) is 5.71 Å². The van der Waals surface area contributed by atoms with E-state index in [4.69, 9.17) is 16.3 Å². The number of anilines is 1. The third-order valence-electron chi connectivity index (χ3n) is 3.64. The first-order valence-electron chi connectivity index (χ1n) is 6.84. The van der Waals surface area contributed by atoms with Gasteiger partial charge < -0.3 is 9.84 Å². The van der Waals surface area contributed by atoms with Crippen molar-refractivity contribution in [3.8, 4) is 0 Å². The van der Waals surface area contributed by atoms with Crippen molar-refractivity contribution in [3.63, 3.8) is 0 Å². The molecule has 118 valence electrons. The predicted molar refractivity (Wildman–Crippen MR) is 83.4 cm³/mol. The number of carbonyl (C=O) groups excluding carboxylic acids is 1. The van der Waals surface area contributed by atoms with Crippen LogP contribution in [0.1, 0.15) is 25.8 Å². The lowest BCUT2D eigenvalue weighted by Gasteiger charge is -2.31. The number of carboxylic acids is 1. The lowest BCUT2D eigenvalue weighted by atomic mass is 9.95. The van der Waals surface area contributed by atoms with Crippen LogP contribution in [0, 0.1) is 6.92 Å². The lowest BCUT2D eigenvalue weighted by Crippen LogP contribution is -2.47. The zero-order valence-electron chi connectivity index (χ0n) is 12.6. The van der Waals surface area contributed by atoms with Gasteiger partial charge in [-0.3, -0.25) is 0 Å². The van der Waals surface area contributed by atoms with Gasteiger partial charge in [0.2, 0.25) is 0 Å².